The molecule has 0 rings (SSSR count). The number of rotatable bonds is 3. The average molecular weight is 134 g/mol. The zero-order valence-corrected chi connectivity index (χ0v) is 5.96. The van der Waals surface area contributed by atoms with Gasteiger partial charge in [0.05, 0.1) is 6.61 Å². The molecule has 0 aromatic heterocycles. The lowest BCUT2D eigenvalue weighted by atomic mass is 10.8. The van der Waals surface area contributed by atoms with E-state index in [9.17, 15) is 4.21 Å². The third-order valence-electron chi connectivity index (χ3n) is 0.509. The van der Waals surface area contributed by atoms with Crippen LogP contribution in [0.5, 0.6) is 0 Å². The van der Waals surface area contributed by atoms with Gasteiger partial charge in [-0.25, -0.2) is 4.21 Å². The Labute approximate surface area is 52.2 Å². The quantitative estimate of drug-likeness (QED) is 0.580. The highest BCUT2D eigenvalue weighted by Gasteiger charge is 1.95. The van der Waals surface area contributed by atoms with Crippen LogP contribution in [-0.2, 0) is 15.3 Å². The lowest BCUT2D eigenvalue weighted by Crippen LogP contribution is -1.95. The first-order valence-corrected chi connectivity index (χ1v) is 3.46. The van der Waals surface area contributed by atoms with Crippen LogP contribution in [0.2, 0.25) is 0 Å². The molecule has 8 heavy (non-hydrogen) atoms. The Morgan fingerprint density at radius 2 is 2.38 bits per heavy atom. The molecule has 0 bridgehead atoms. The summed E-state index contributed by atoms with van der Waals surface area (Å²) in [6, 6.07) is 0. The second kappa shape index (κ2) is 3.80. The van der Waals surface area contributed by atoms with E-state index < -0.39 is 11.1 Å². The van der Waals surface area contributed by atoms with Gasteiger partial charge in [0.25, 0.3) is 0 Å². The van der Waals surface area contributed by atoms with Gasteiger partial charge in [0, 0.05) is 4.91 Å². The summed E-state index contributed by atoms with van der Waals surface area (Å²) in [6.07, 6.45) is 0. The van der Waals surface area contributed by atoms with Crippen molar-refractivity contribution in [1.82, 2.24) is 0 Å². The minimum absolute atomic E-state index is 0.472. The summed E-state index contributed by atoms with van der Waals surface area (Å²) in [5.74, 6) is 0. The molecule has 0 heterocycles. The average Bonchev–Trinajstić information content (AvgIpc) is 1.67. The minimum atomic E-state index is -1.27. The van der Waals surface area contributed by atoms with Crippen molar-refractivity contribution in [2.24, 2.45) is 0 Å². The third kappa shape index (κ3) is 2.93. The Morgan fingerprint density at radius 1 is 1.88 bits per heavy atom. The van der Waals surface area contributed by atoms with Gasteiger partial charge in [-0.15, -0.1) is 0 Å². The second-order valence-electron chi connectivity index (χ2n) is 1.34. The molecule has 0 saturated carbocycles. The van der Waals surface area contributed by atoms with Gasteiger partial charge >= 0.3 is 0 Å². The Morgan fingerprint density at radius 3 is 2.50 bits per heavy atom. The van der Waals surface area contributed by atoms with Gasteiger partial charge in [-0.05, 0) is 13.8 Å². The van der Waals surface area contributed by atoms with E-state index in [1.165, 1.54) is 0 Å². The summed E-state index contributed by atoms with van der Waals surface area (Å²) in [4.78, 5) is 0.562. The van der Waals surface area contributed by atoms with Gasteiger partial charge < -0.3 is 0 Å². The maximum Gasteiger partial charge on any atom is 0.184 e. The first-order valence-electron chi connectivity index (χ1n) is 2.39. The summed E-state index contributed by atoms with van der Waals surface area (Å²) in [5, 5.41) is 0. The Kier molecular flexibility index (Phi) is 3.73. The van der Waals surface area contributed by atoms with Crippen LogP contribution in [0.4, 0.5) is 0 Å². The molecule has 0 N–H and O–H groups in total. The Hall–Kier alpha value is -0.150. The van der Waals surface area contributed by atoms with Crippen molar-refractivity contribution in [2.75, 3.05) is 6.61 Å². The van der Waals surface area contributed by atoms with Crippen LogP contribution in [0.25, 0.3) is 0 Å². The molecule has 2 nitrogen and oxygen atoms in total. The zero-order valence-electron chi connectivity index (χ0n) is 5.14. The normalized spacial score (nSPS) is 13.2. The van der Waals surface area contributed by atoms with Gasteiger partial charge in [-0.1, -0.05) is 6.58 Å². The van der Waals surface area contributed by atoms with E-state index in [4.69, 9.17) is 0 Å². The summed E-state index contributed by atoms with van der Waals surface area (Å²) < 4.78 is 15.2. The highest BCUT2D eigenvalue weighted by molar-refractivity contribution is 7.84. The fraction of sp³-hybridized carbons (Fsp3) is 0.600. The Balaban J connectivity index is 3.49. The first-order chi connectivity index (χ1) is 3.68. The van der Waals surface area contributed by atoms with Crippen molar-refractivity contribution in [3.8, 4) is 0 Å². The predicted molar refractivity (Wildman–Crippen MR) is 34.6 cm³/mol. The van der Waals surface area contributed by atoms with Crippen molar-refractivity contribution in [1.29, 1.82) is 0 Å². The van der Waals surface area contributed by atoms with E-state index in [-0.39, 0.29) is 0 Å². The fourth-order valence-electron chi connectivity index (χ4n) is 0.208. The van der Waals surface area contributed by atoms with Gasteiger partial charge in [0.2, 0.25) is 0 Å². The minimum Gasteiger partial charge on any atom is -0.287 e. The molecule has 0 aliphatic rings. The molecule has 48 valence electrons. The van der Waals surface area contributed by atoms with Crippen LogP contribution < -0.4 is 0 Å². The molecule has 0 aromatic carbocycles. The van der Waals surface area contributed by atoms with Crippen LogP contribution in [0.1, 0.15) is 13.8 Å². The molecular weight excluding hydrogens is 124 g/mol. The van der Waals surface area contributed by atoms with Crippen LogP contribution >= 0.6 is 0 Å². The van der Waals surface area contributed by atoms with Crippen molar-refractivity contribution in [2.45, 2.75) is 13.8 Å². The summed E-state index contributed by atoms with van der Waals surface area (Å²) in [5.41, 5.74) is 0. The molecule has 0 radical (unpaired) electrons. The topological polar surface area (TPSA) is 26.3 Å². The van der Waals surface area contributed by atoms with E-state index in [1.54, 1.807) is 13.8 Å². The first kappa shape index (κ1) is 7.85. The lowest BCUT2D eigenvalue weighted by molar-refractivity contribution is 0.375. The highest BCUT2D eigenvalue weighted by Crippen LogP contribution is 1.96. The van der Waals surface area contributed by atoms with E-state index in [0.717, 1.165) is 0 Å². The zero-order chi connectivity index (χ0) is 6.57. The number of allylic oxidation sites excluding steroid dienone is 1. The van der Waals surface area contributed by atoms with Gasteiger partial charge in [0.1, 0.15) is 0 Å². The summed E-state index contributed by atoms with van der Waals surface area (Å²) in [7, 11) is 0. The van der Waals surface area contributed by atoms with Crippen molar-refractivity contribution in [3.63, 3.8) is 0 Å². The number of hydrogen-bond acceptors (Lipinski definition) is 2. The molecule has 0 aromatic rings. The second-order valence-corrected chi connectivity index (χ2v) is 2.75. The third-order valence-corrected chi connectivity index (χ3v) is 1.53. The molecule has 0 amide bonds. The van der Waals surface area contributed by atoms with Gasteiger partial charge in [-0.3, -0.25) is 4.18 Å². The van der Waals surface area contributed by atoms with Crippen molar-refractivity contribution < 1.29 is 8.39 Å². The standard InChI is InChI=1S/C5H10O2S/c1-4-7-8(6)5(2)3/h2,4H2,1,3H3. The van der Waals surface area contributed by atoms with Gasteiger partial charge in [-0.2, -0.15) is 0 Å². The molecule has 0 aliphatic heterocycles. The van der Waals surface area contributed by atoms with Crippen LogP contribution in [0.15, 0.2) is 11.5 Å². The van der Waals surface area contributed by atoms with E-state index >= 15 is 0 Å². The number of hydrogen-bond donors (Lipinski definition) is 0. The van der Waals surface area contributed by atoms with Crippen LogP contribution in [0, 0.1) is 0 Å². The van der Waals surface area contributed by atoms with Crippen LogP contribution in [-0.4, -0.2) is 10.8 Å². The molecule has 1 unspecified atom stereocenters. The van der Waals surface area contributed by atoms with Crippen molar-refractivity contribution >= 4 is 11.1 Å². The molecule has 1 atom stereocenters. The molecule has 0 aliphatic carbocycles. The smallest absolute Gasteiger partial charge is 0.184 e. The molecule has 0 spiro atoms. The monoisotopic (exact) mass is 134 g/mol. The highest BCUT2D eigenvalue weighted by atomic mass is 32.2. The Bertz CT molecular complexity index is 109. The van der Waals surface area contributed by atoms with Gasteiger partial charge in [0.15, 0.2) is 11.1 Å². The van der Waals surface area contributed by atoms with E-state index in [1.807, 2.05) is 0 Å². The maximum atomic E-state index is 10.5. The SMILES string of the molecule is C=C(C)S(=O)OCC. The van der Waals surface area contributed by atoms with E-state index in [0.29, 0.717) is 11.5 Å². The summed E-state index contributed by atoms with van der Waals surface area (Å²) in [6.45, 7) is 7.39. The lowest BCUT2D eigenvalue weighted by Gasteiger charge is -1.95. The van der Waals surface area contributed by atoms with E-state index in [2.05, 4.69) is 10.8 Å². The van der Waals surface area contributed by atoms with Crippen LogP contribution in [0.3, 0.4) is 0 Å². The predicted octanol–water partition coefficient (Wildman–Crippen LogP) is 1.22. The molecule has 0 fully saturated rings. The maximum absolute atomic E-state index is 10.5. The van der Waals surface area contributed by atoms with Crippen molar-refractivity contribution in [3.05, 3.63) is 11.5 Å². The fourth-order valence-corrected chi connectivity index (χ4v) is 0.623. The summed E-state index contributed by atoms with van der Waals surface area (Å²) >= 11 is -1.27. The molecular formula is C5H10O2S. The molecule has 0 saturated heterocycles. The largest absolute Gasteiger partial charge is 0.287 e. The molecule has 3 heteroatoms.